The van der Waals surface area contributed by atoms with E-state index in [0.29, 0.717) is 0 Å². The lowest BCUT2D eigenvalue weighted by molar-refractivity contribution is -0.387. The lowest BCUT2D eigenvalue weighted by Gasteiger charge is -2.26. The molecule has 0 spiro atoms. The summed E-state index contributed by atoms with van der Waals surface area (Å²) < 4.78 is 13.2. The van der Waals surface area contributed by atoms with Crippen molar-refractivity contribution in [2.24, 2.45) is 5.73 Å². The molecule has 0 atom stereocenters. The summed E-state index contributed by atoms with van der Waals surface area (Å²) >= 11 is 0. The van der Waals surface area contributed by atoms with Gasteiger partial charge >= 0.3 is 5.69 Å². The number of nitrogens with one attached hydrogen (secondary N) is 1. The van der Waals surface area contributed by atoms with E-state index in [1.54, 1.807) is 0 Å². The number of nitrogens with zero attached hydrogens (tertiary/aromatic N) is 1. The maximum atomic E-state index is 13.2. The van der Waals surface area contributed by atoms with Crippen molar-refractivity contribution in [2.45, 2.75) is 37.8 Å². The summed E-state index contributed by atoms with van der Waals surface area (Å²) in [7, 11) is 0. The van der Waals surface area contributed by atoms with Gasteiger partial charge < -0.3 is 11.1 Å². The molecule has 0 bridgehead atoms. The Morgan fingerprint density at radius 2 is 2.00 bits per heavy atom. The zero-order valence-corrected chi connectivity index (χ0v) is 10.8. The van der Waals surface area contributed by atoms with Crippen LogP contribution in [0.3, 0.4) is 0 Å². The molecule has 0 radical (unpaired) electrons. The normalized spacial score (nSPS) is 22.3. The zero-order chi connectivity index (χ0) is 14.7. The predicted octanol–water partition coefficient (Wildman–Crippen LogP) is 1.73. The minimum absolute atomic E-state index is 0.0198. The van der Waals surface area contributed by atoms with Crippen molar-refractivity contribution < 1.29 is 14.1 Å². The fraction of sp³-hybridized carbons (Fsp3) is 0.462. The van der Waals surface area contributed by atoms with Crippen LogP contribution in [0.4, 0.5) is 10.1 Å². The molecule has 20 heavy (non-hydrogen) atoms. The van der Waals surface area contributed by atoms with Gasteiger partial charge in [0.2, 0.25) is 5.82 Å². The first-order valence-corrected chi connectivity index (χ1v) is 6.47. The second kappa shape index (κ2) is 5.96. The third-order valence-corrected chi connectivity index (χ3v) is 3.51. The van der Waals surface area contributed by atoms with Gasteiger partial charge in [-0.1, -0.05) is 0 Å². The van der Waals surface area contributed by atoms with Crippen molar-refractivity contribution in [2.75, 3.05) is 0 Å². The lowest BCUT2D eigenvalue weighted by Crippen LogP contribution is -2.40. The predicted molar refractivity (Wildman–Crippen MR) is 70.8 cm³/mol. The molecule has 0 aromatic heterocycles. The molecule has 0 unspecified atom stereocenters. The maximum absolute atomic E-state index is 13.2. The SMILES string of the molecule is NC1CCC(NC(=O)c2ccc(F)c([N+](=O)[O-])c2)CC1. The van der Waals surface area contributed by atoms with Crippen LogP contribution in [0.25, 0.3) is 0 Å². The van der Waals surface area contributed by atoms with E-state index in [1.807, 2.05) is 0 Å². The standard InChI is InChI=1S/C13H16FN3O3/c14-11-6-1-8(7-12(11)17(19)20)13(18)16-10-4-2-9(15)3-5-10/h1,6-7,9-10H,2-5,15H2,(H,16,18). The van der Waals surface area contributed by atoms with E-state index >= 15 is 0 Å². The topological polar surface area (TPSA) is 98.3 Å². The quantitative estimate of drug-likeness (QED) is 0.651. The second-order valence-corrected chi connectivity index (χ2v) is 5.01. The smallest absolute Gasteiger partial charge is 0.305 e. The highest BCUT2D eigenvalue weighted by Gasteiger charge is 2.22. The number of halogens is 1. The first kappa shape index (κ1) is 14.4. The second-order valence-electron chi connectivity index (χ2n) is 5.01. The van der Waals surface area contributed by atoms with Gasteiger partial charge in [0.05, 0.1) is 4.92 Å². The van der Waals surface area contributed by atoms with E-state index in [0.717, 1.165) is 37.8 Å². The van der Waals surface area contributed by atoms with Gasteiger partial charge in [0.25, 0.3) is 5.91 Å². The number of hydrogen-bond acceptors (Lipinski definition) is 4. The number of benzene rings is 1. The summed E-state index contributed by atoms with van der Waals surface area (Å²) in [5, 5.41) is 13.4. The van der Waals surface area contributed by atoms with E-state index in [9.17, 15) is 19.3 Å². The van der Waals surface area contributed by atoms with Crippen molar-refractivity contribution >= 4 is 11.6 Å². The molecule has 1 fully saturated rings. The monoisotopic (exact) mass is 281 g/mol. The molecule has 1 aliphatic carbocycles. The number of carbonyl (C=O) groups is 1. The fourth-order valence-corrected chi connectivity index (χ4v) is 2.33. The van der Waals surface area contributed by atoms with Crippen LogP contribution in [0, 0.1) is 15.9 Å². The van der Waals surface area contributed by atoms with Gasteiger partial charge in [-0.25, -0.2) is 0 Å². The number of rotatable bonds is 3. The average molecular weight is 281 g/mol. The largest absolute Gasteiger partial charge is 0.349 e. The molecule has 1 aromatic carbocycles. The van der Waals surface area contributed by atoms with Crippen LogP contribution < -0.4 is 11.1 Å². The Morgan fingerprint density at radius 1 is 1.35 bits per heavy atom. The summed E-state index contributed by atoms with van der Waals surface area (Å²) in [6.07, 6.45) is 3.26. The van der Waals surface area contributed by atoms with Gasteiger partial charge in [-0.3, -0.25) is 14.9 Å². The van der Waals surface area contributed by atoms with Crippen LogP contribution in [0.5, 0.6) is 0 Å². The van der Waals surface area contributed by atoms with Crippen molar-refractivity contribution in [1.82, 2.24) is 5.32 Å². The fourth-order valence-electron chi connectivity index (χ4n) is 2.33. The molecular formula is C13H16FN3O3. The number of amides is 1. The summed E-state index contributed by atoms with van der Waals surface area (Å²) in [6, 6.07) is 3.33. The Balaban J connectivity index is 2.06. The third kappa shape index (κ3) is 3.30. The molecule has 0 aliphatic heterocycles. The van der Waals surface area contributed by atoms with E-state index in [-0.39, 0.29) is 17.6 Å². The van der Waals surface area contributed by atoms with Crippen molar-refractivity contribution in [3.05, 3.63) is 39.7 Å². The Morgan fingerprint density at radius 3 is 2.60 bits per heavy atom. The molecular weight excluding hydrogens is 265 g/mol. The van der Waals surface area contributed by atoms with Gasteiger partial charge in [-0.15, -0.1) is 0 Å². The highest BCUT2D eigenvalue weighted by Crippen LogP contribution is 2.20. The van der Waals surface area contributed by atoms with Crippen LogP contribution in [-0.2, 0) is 0 Å². The van der Waals surface area contributed by atoms with E-state index < -0.39 is 22.3 Å². The first-order valence-electron chi connectivity index (χ1n) is 6.47. The van der Waals surface area contributed by atoms with Gasteiger partial charge in [0, 0.05) is 23.7 Å². The van der Waals surface area contributed by atoms with Crippen LogP contribution in [0.1, 0.15) is 36.0 Å². The number of carbonyl (C=O) groups excluding carboxylic acids is 1. The van der Waals surface area contributed by atoms with Gasteiger partial charge in [-0.2, -0.15) is 4.39 Å². The van der Waals surface area contributed by atoms with E-state index in [1.165, 1.54) is 6.07 Å². The molecule has 3 N–H and O–H groups in total. The first-order chi connectivity index (χ1) is 9.47. The molecule has 7 heteroatoms. The van der Waals surface area contributed by atoms with Gasteiger partial charge in [0.1, 0.15) is 0 Å². The van der Waals surface area contributed by atoms with Gasteiger partial charge in [0.15, 0.2) is 0 Å². The average Bonchev–Trinajstić information content (AvgIpc) is 2.41. The molecule has 108 valence electrons. The highest BCUT2D eigenvalue weighted by molar-refractivity contribution is 5.95. The summed E-state index contributed by atoms with van der Waals surface area (Å²) in [4.78, 5) is 21.8. The van der Waals surface area contributed by atoms with E-state index in [2.05, 4.69) is 5.32 Å². The Bertz CT molecular complexity index is 528. The minimum Gasteiger partial charge on any atom is -0.349 e. The van der Waals surface area contributed by atoms with Crippen molar-refractivity contribution in [3.8, 4) is 0 Å². The molecule has 1 aliphatic rings. The lowest BCUT2D eigenvalue weighted by atomic mass is 9.91. The molecule has 1 aromatic rings. The minimum atomic E-state index is -0.949. The number of hydrogen-bond donors (Lipinski definition) is 2. The molecule has 2 rings (SSSR count). The van der Waals surface area contributed by atoms with Crippen LogP contribution in [0.2, 0.25) is 0 Å². The summed E-state index contributed by atoms with van der Waals surface area (Å²) in [5.74, 6) is -1.37. The Hall–Kier alpha value is -2.02. The molecule has 0 heterocycles. The highest BCUT2D eigenvalue weighted by atomic mass is 19.1. The van der Waals surface area contributed by atoms with Gasteiger partial charge in [-0.05, 0) is 37.8 Å². The van der Waals surface area contributed by atoms with Crippen LogP contribution in [-0.4, -0.2) is 22.9 Å². The van der Waals surface area contributed by atoms with Crippen LogP contribution >= 0.6 is 0 Å². The third-order valence-electron chi connectivity index (χ3n) is 3.51. The molecule has 1 saturated carbocycles. The zero-order valence-electron chi connectivity index (χ0n) is 10.8. The molecule has 0 saturated heterocycles. The Kier molecular flexibility index (Phi) is 4.29. The molecule has 1 amide bonds. The summed E-state index contributed by atoms with van der Waals surface area (Å²) in [5.41, 5.74) is 5.18. The molecule has 6 nitrogen and oxygen atoms in total. The van der Waals surface area contributed by atoms with Crippen LogP contribution in [0.15, 0.2) is 18.2 Å². The van der Waals surface area contributed by atoms with Crippen molar-refractivity contribution in [1.29, 1.82) is 0 Å². The number of nitro benzene ring substituents is 1. The Labute approximate surface area is 115 Å². The van der Waals surface area contributed by atoms with Crippen molar-refractivity contribution in [3.63, 3.8) is 0 Å². The number of nitrogens with two attached hydrogens (primary N) is 1. The number of nitro groups is 1. The maximum Gasteiger partial charge on any atom is 0.305 e. The summed E-state index contributed by atoms with van der Waals surface area (Å²) in [6.45, 7) is 0. The van der Waals surface area contributed by atoms with E-state index in [4.69, 9.17) is 5.73 Å².